The highest BCUT2D eigenvalue weighted by Crippen LogP contribution is 2.25. The van der Waals surface area contributed by atoms with E-state index in [1.807, 2.05) is 32.9 Å². The molecule has 0 spiro atoms. The van der Waals surface area contributed by atoms with Gasteiger partial charge in [0.2, 0.25) is 0 Å². The molecule has 1 heterocycles. The van der Waals surface area contributed by atoms with Gasteiger partial charge in [-0.15, -0.1) is 0 Å². The number of hydrogen-bond acceptors (Lipinski definition) is 5. The van der Waals surface area contributed by atoms with E-state index in [-0.39, 0.29) is 17.3 Å². The molecule has 0 radical (unpaired) electrons. The van der Waals surface area contributed by atoms with Gasteiger partial charge in [-0.3, -0.25) is 9.59 Å². The first-order valence-corrected chi connectivity index (χ1v) is 11.6. The molecule has 1 amide bonds. The summed E-state index contributed by atoms with van der Waals surface area (Å²) in [5.74, 6) is -0.221. The van der Waals surface area contributed by atoms with Crippen LogP contribution < -0.4 is 10.7 Å². The van der Waals surface area contributed by atoms with E-state index in [0.29, 0.717) is 45.7 Å². The molecule has 6 heteroatoms. The Morgan fingerprint density at radius 3 is 2.29 bits per heavy atom. The number of ether oxygens (including phenoxy) is 1. The van der Waals surface area contributed by atoms with E-state index in [0.717, 1.165) is 24.0 Å². The van der Waals surface area contributed by atoms with Crippen molar-refractivity contribution in [3.8, 4) is 11.3 Å². The minimum absolute atomic E-state index is 0.104. The van der Waals surface area contributed by atoms with Gasteiger partial charge in [0.05, 0.1) is 17.6 Å². The molecule has 1 aromatic heterocycles. The molecule has 0 bridgehead atoms. The summed E-state index contributed by atoms with van der Waals surface area (Å²) >= 11 is 0. The van der Waals surface area contributed by atoms with Gasteiger partial charge in [-0.25, -0.2) is 4.79 Å². The normalized spacial score (nSPS) is 10.8. The number of carbonyl (C=O) groups excluding carboxylic acids is 2. The molecule has 0 atom stereocenters. The fourth-order valence-corrected chi connectivity index (χ4v) is 3.82. The average molecular weight is 470 g/mol. The first-order chi connectivity index (χ1) is 16.9. The van der Waals surface area contributed by atoms with E-state index >= 15 is 0 Å². The molecule has 0 saturated carbocycles. The van der Waals surface area contributed by atoms with Crippen LogP contribution in [0.2, 0.25) is 0 Å². The molecule has 3 aromatic carbocycles. The third-order valence-corrected chi connectivity index (χ3v) is 5.70. The highest BCUT2D eigenvalue weighted by molar-refractivity contribution is 6.04. The number of unbranched alkanes of at least 4 members (excludes halogenated alkanes) is 1. The molecule has 0 aliphatic carbocycles. The number of carbonyl (C=O) groups is 2. The predicted molar refractivity (Wildman–Crippen MR) is 137 cm³/mol. The van der Waals surface area contributed by atoms with Crippen molar-refractivity contribution in [3.05, 3.63) is 99.2 Å². The van der Waals surface area contributed by atoms with Gasteiger partial charge in [0, 0.05) is 22.9 Å². The van der Waals surface area contributed by atoms with Crippen LogP contribution in [0.3, 0.4) is 0 Å². The van der Waals surface area contributed by atoms with Gasteiger partial charge < -0.3 is 14.5 Å². The van der Waals surface area contributed by atoms with Crippen molar-refractivity contribution in [2.45, 2.75) is 33.6 Å². The van der Waals surface area contributed by atoms with Crippen molar-refractivity contribution >= 4 is 28.5 Å². The molecule has 6 nitrogen and oxygen atoms in total. The van der Waals surface area contributed by atoms with Gasteiger partial charge >= 0.3 is 5.97 Å². The minimum Gasteiger partial charge on any atom is -0.462 e. The number of esters is 1. The van der Waals surface area contributed by atoms with Gasteiger partial charge in [-0.05, 0) is 73.9 Å². The second-order valence-electron chi connectivity index (χ2n) is 8.53. The Hall–Kier alpha value is -4.19. The fourth-order valence-electron chi connectivity index (χ4n) is 3.82. The Kier molecular flexibility index (Phi) is 7.11. The van der Waals surface area contributed by atoms with E-state index in [1.54, 1.807) is 48.5 Å². The number of nitrogens with one attached hydrogen (secondary N) is 1. The lowest BCUT2D eigenvalue weighted by atomic mass is 10.1. The lowest BCUT2D eigenvalue weighted by Crippen LogP contribution is -2.12. The summed E-state index contributed by atoms with van der Waals surface area (Å²) in [6, 6.07) is 18.7. The molecule has 0 unspecified atom stereocenters. The molecule has 1 N–H and O–H groups in total. The van der Waals surface area contributed by atoms with Crippen molar-refractivity contribution < 1.29 is 18.7 Å². The van der Waals surface area contributed by atoms with Crippen LogP contribution in [0.1, 0.15) is 51.6 Å². The van der Waals surface area contributed by atoms with Crippen molar-refractivity contribution in [3.63, 3.8) is 0 Å². The average Bonchev–Trinajstić information content (AvgIpc) is 2.85. The molecule has 0 aliphatic heterocycles. The van der Waals surface area contributed by atoms with Crippen LogP contribution in [-0.2, 0) is 4.74 Å². The van der Waals surface area contributed by atoms with Gasteiger partial charge in [-0.2, -0.15) is 0 Å². The third kappa shape index (κ3) is 5.49. The Bertz CT molecular complexity index is 1430. The molecule has 0 fully saturated rings. The lowest BCUT2D eigenvalue weighted by Gasteiger charge is -2.09. The summed E-state index contributed by atoms with van der Waals surface area (Å²) < 4.78 is 11.2. The first-order valence-electron chi connectivity index (χ1n) is 11.6. The molecule has 0 aliphatic rings. The summed E-state index contributed by atoms with van der Waals surface area (Å²) in [7, 11) is 0. The summed E-state index contributed by atoms with van der Waals surface area (Å²) in [5.41, 5.74) is 4.52. The van der Waals surface area contributed by atoms with Crippen LogP contribution in [-0.4, -0.2) is 18.5 Å². The number of amides is 1. The monoisotopic (exact) mass is 469 g/mol. The van der Waals surface area contributed by atoms with E-state index in [1.165, 1.54) is 6.07 Å². The van der Waals surface area contributed by atoms with E-state index in [2.05, 4.69) is 5.32 Å². The smallest absolute Gasteiger partial charge is 0.338 e. The maximum atomic E-state index is 12.7. The summed E-state index contributed by atoms with van der Waals surface area (Å²) in [5, 5.41) is 3.38. The van der Waals surface area contributed by atoms with E-state index < -0.39 is 0 Å². The fraction of sp³-hybridized carbons (Fsp3) is 0.207. The quantitative estimate of drug-likeness (QED) is 0.254. The Balaban J connectivity index is 1.47. The summed E-state index contributed by atoms with van der Waals surface area (Å²) in [6.45, 7) is 6.28. The van der Waals surface area contributed by atoms with E-state index in [4.69, 9.17) is 9.15 Å². The maximum Gasteiger partial charge on any atom is 0.338 e. The van der Waals surface area contributed by atoms with Crippen LogP contribution in [0.5, 0.6) is 0 Å². The summed E-state index contributed by atoms with van der Waals surface area (Å²) in [4.78, 5) is 37.3. The highest BCUT2D eigenvalue weighted by atomic mass is 16.5. The lowest BCUT2D eigenvalue weighted by molar-refractivity contribution is 0.0499. The molecule has 35 heavy (non-hydrogen) atoms. The number of aryl methyl sites for hydroxylation is 2. The Morgan fingerprint density at radius 1 is 0.914 bits per heavy atom. The molecule has 4 aromatic rings. The Morgan fingerprint density at radius 2 is 1.60 bits per heavy atom. The SMILES string of the molecule is CCCCOC(=O)c1ccc(NC(=O)c2ccc(-c3cc(=O)c4cc(C)cc(C)c4o3)cc2)cc1. The maximum absolute atomic E-state index is 12.7. The second kappa shape index (κ2) is 10.4. The molecule has 0 saturated heterocycles. The van der Waals surface area contributed by atoms with Crippen LogP contribution in [0.15, 0.2) is 75.9 Å². The second-order valence-corrected chi connectivity index (χ2v) is 8.53. The van der Waals surface area contributed by atoms with Crippen LogP contribution in [0, 0.1) is 13.8 Å². The first kappa shape index (κ1) is 24.0. The number of rotatable bonds is 7. The zero-order chi connectivity index (χ0) is 24.9. The molecule has 4 rings (SSSR count). The number of hydrogen-bond donors (Lipinski definition) is 1. The number of fused-ring (bicyclic) bond motifs is 1. The van der Waals surface area contributed by atoms with Gasteiger partial charge in [-0.1, -0.05) is 31.5 Å². The number of benzene rings is 3. The van der Waals surface area contributed by atoms with Crippen molar-refractivity contribution in [2.75, 3.05) is 11.9 Å². The molecular formula is C29H27NO5. The largest absolute Gasteiger partial charge is 0.462 e. The van der Waals surface area contributed by atoms with Gasteiger partial charge in [0.15, 0.2) is 5.43 Å². The third-order valence-electron chi connectivity index (χ3n) is 5.70. The topological polar surface area (TPSA) is 85.6 Å². The molecule has 178 valence electrons. The minimum atomic E-state index is -0.377. The zero-order valence-electron chi connectivity index (χ0n) is 20.0. The zero-order valence-corrected chi connectivity index (χ0v) is 20.0. The van der Waals surface area contributed by atoms with Crippen molar-refractivity contribution in [1.82, 2.24) is 0 Å². The number of anilines is 1. The highest BCUT2D eigenvalue weighted by Gasteiger charge is 2.12. The standard InChI is InChI=1S/C29H27NO5/c1-4-5-14-34-29(33)22-10-12-23(13-11-22)30-28(32)21-8-6-20(7-9-21)26-17-25(31)24-16-18(2)15-19(3)27(24)35-26/h6-13,15-17H,4-5,14H2,1-3H3,(H,30,32). The molecular weight excluding hydrogens is 442 g/mol. The van der Waals surface area contributed by atoms with Crippen molar-refractivity contribution in [2.24, 2.45) is 0 Å². The van der Waals surface area contributed by atoms with Crippen molar-refractivity contribution in [1.29, 1.82) is 0 Å². The summed E-state index contributed by atoms with van der Waals surface area (Å²) in [6.07, 6.45) is 1.78. The van der Waals surface area contributed by atoms with Gasteiger partial charge in [0.25, 0.3) is 5.91 Å². The van der Waals surface area contributed by atoms with Gasteiger partial charge in [0.1, 0.15) is 11.3 Å². The van der Waals surface area contributed by atoms with Crippen LogP contribution in [0.4, 0.5) is 5.69 Å². The van der Waals surface area contributed by atoms with Crippen LogP contribution in [0.25, 0.3) is 22.3 Å². The van der Waals surface area contributed by atoms with E-state index in [9.17, 15) is 14.4 Å². The Labute approximate surface area is 203 Å². The predicted octanol–water partition coefficient (Wildman–Crippen LogP) is 6.29. The van der Waals surface area contributed by atoms with Crippen LogP contribution >= 0.6 is 0 Å².